The van der Waals surface area contributed by atoms with Crippen LogP contribution < -0.4 is 20.7 Å². The summed E-state index contributed by atoms with van der Waals surface area (Å²) in [7, 11) is 3.26. The maximum atomic E-state index is 11.8. The molecule has 0 spiro atoms. The second-order valence-electron chi connectivity index (χ2n) is 6.42. The van der Waals surface area contributed by atoms with Crippen LogP contribution in [0.4, 0.5) is 0 Å². The number of amides is 1. The minimum atomic E-state index is -0.0769. The standard InChI is InChI=1S/C22H29ClN4O2.HI/c1-4-25-22(27-13-11-17-8-9-19(29-3)15-20(17)23)26-12-10-16-6-5-7-18(14-16)21(28)24-2;/h5-9,14-15H,4,10-13H2,1-3H3,(H,24,28)(H2,25,26,27);1H. The highest BCUT2D eigenvalue weighted by molar-refractivity contribution is 14.0. The summed E-state index contributed by atoms with van der Waals surface area (Å²) in [6.07, 6.45) is 1.53. The summed E-state index contributed by atoms with van der Waals surface area (Å²) in [4.78, 5) is 16.4. The molecule has 1 amide bonds. The Labute approximate surface area is 200 Å². The van der Waals surface area contributed by atoms with Crippen molar-refractivity contribution in [2.75, 3.05) is 33.8 Å². The topological polar surface area (TPSA) is 74.8 Å². The molecule has 0 heterocycles. The molecule has 2 aromatic rings. The summed E-state index contributed by atoms with van der Waals surface area (Å²) >= 11 is 6.29. The predicted octanol–water partition coefficient (Wildman–Crippen LogP) is 3.67. The monoisotopic (exact) mass is 544 g/mol. The summed E-state index contributed by atoms with van der Waals surface area (Å²) in [6.45, 7) is 4.14. The number of nitrogens with zero attached hydrogens (tertiary/aromatic N) is 1. The largest absolute Gasteiger partial charge is 0.497 e. The van der Waals surface area contributed by atoms with Crippen molar-refractivity contribution in [1.29, 1.82) is 0 Å². The Hall–Kier alpha value is -2.00. The third kappa shape index (κ3) is 8.39. The Balaban J connectivity index is 0.00000450. The smallest absolute Gasteiger partial charge is 0.251 e. The molecule has 0 aliphatic carbocycles. The van der Waals surface area contributed by atoms with Crippen LogP contribution in [-0.2, 0) is 12.8 Å². The highest BCUT2D eigenvalue weighted by Crippen LogP contribution is 2.22. The van der Waals surface area contributed by atoms with E-state index in [0.29, 0.717) is 23.7 Å². The molecule has 0 bridgehead atoms. The van der Waals surface area contributed by atoms with Crippen molar-refractivity contribution in [3.05, 3.63) is 64.2 Å². The molecule has 8 heteroatoms. The number of ether oxygens (including phenoxy) is 1. The van der Waals surface area contributed by atoms with Crippen molar-refractivity contribution in [2.24, 2.45) is 4.99 Å². The van der Waals surface area contributed by atoms with Crippen LogP contribution in [0.1, 0.15) is 28.4 Å². The van der Waals surface area contributed by atoms with Gasteiger partial charge in [0.2, 0.25) is 0 Å². The molecule has 2 rings (SSSR count). The lowest BCUT2D eigenvalue weighted by Gasteiger charge is -2.12. The third-order valence-electron chi connectivity index (χ3n) is 4.38. The zero-order chi connectivity index (χ0) is 21.1. The number of carbonyl (C=O) groups is 1. The summed E-state index contributed by atoms with van der Waals surface area (Å²) < 4.78 is 5.18. The normalized spacial score (nSPS) is 10.7. The molecule has 0 aromatic heterocycles. The van der Waals surface area contributed by atoms with E-state index in [1.54, 1.807) is 14.2 Å². The number of rotatable bonds is 9. The van der Waals surface area contributed by atoms with E-state index in [1.165, 1.54) is 0 Å². The van der Waals surface area contributed by atoms with Crippen molar-refractivity contribution < 1.29 is 9.53 Å². The summed E-state index contributed by atoms with van der Waals surface area (Å²) in [5, 5.41) is 9.92. The molecular formula is C22H30ClIN4O2. The zero-order valence-electron chi connectivity index (χ0n) is 17.6. The third-order valence-corrected chi connectivity index (χ3v) is 4.73. The summed E-state index contributed by atoms with van der Waals surface area (Å²) in [6, 6.07) is 13.3. The lowest BCUT2D eigenvalue weighted by Crippen LogP contribution is -2.38. The van der Waals surface area contributed by atoms with E-state index in [4.69, 9.17) is 16.3 Å². The number of halogens is 2. The SMILES string of the molecule is CCNC(=NCCc1ccc(OC)cc1Cl)NCCc1cccc(C(=O)NC)c1.I. The Bertz CT molecular complexity index is 846. The second-order valence-corrected chi connectivity index (χ2v) is 6.83. The minimum absolute atomic E-state index is 0. The predicted molar refractivity (Wildman–Crippen MR) is 135 cm³/mol. The van der Waals surface area contributed by atoms with Gasteiger partial charge in [-0.3, -0.25) is 9.79 Å². The summed E-state index contributed by atoms with van der Waals surface area (Å²) in [5.74, 6) is 1.43. The van der Waals surface area contributed by atoms with Crippen LogP contribution in [0.2, 0.25) is 5.02 Å². The van der Waals surface area contributed by atoms with Crippen LogP contribution in [0, 0.1) is 0 Å². The molecule has 0 fully saturated rings. The van der Waals surface area contributed by atoms with Gasteiger partial charge in [-0.15, -0.1) is 24.0 Å². The van der Waals surface area contributed by atoms with Gasteiger partial charge in [0.1, 0.15) is 5.75 Å². The van der Waals surface area contributed by atoms with E-state index in [-0.39, 0.29) is 29.9 Å². The van der Waals surface area contributed by atoms with E-state index in [2.05, 4.69) is 20.9 Å². The van der Waals surface area contributed by atoms with Gasteiger partial charge in [0.25, 0.3) is 5.91 Å². The van der Waals surface area contributed by atoms with Gasteiger partial charge in [0.15, 0.2) is 5.96 Å². The van der Waals surface area contributed by atoms with Crippen LogP contribution in [0.3, 0.4) is 0 Å². The van der Waals surface area contributed by atoms with E-state index in [9.17, 15) is 4.79 Å². The van der Waals surface area contributed by atoms with Gasteiger partial charge in [0.05, 0.1) is 7.11 Å². The first-order valence-electron chi connectivity index (χ1n) is 9.73. The molecule has 164 valence electrons. The zero-order valence-corrected chi connectivity index (χ0v) is 20.7. The quantitative estimate of drug-likeness (QED) is 0.256. The van der Waals surface area contributed by atoms with Crippen LogP contribution in [0.15, 0.2) is 47.5 Å². The molecule has 0 atom stereocenters. The molecule has 0 aliphatic rings. The number of aliphatic imine (C=N–C) groups is 1. The molecular weight excluding hydrogens is 515 g/mol. The van der Waals surface area contributed by atoms with Crippen molar-refractivity contribution >= 4 is 47.4 Å². The van der Waals surface area contributed by atoms with Gasteiger partial charge in [-0.2, -0.15) is 0 Å². The van der Waals surface area contributed by atoms with Gasteiger partial charge < -0.3 is 20.7 Å². The number of hydrogen-bond acceptors (Lipinski definition) is 3. The average molecular weight is 545 g/mol. The highest BCUT2D eigenvalue weighted by atomic mass is 127. The fourth-order valence-corrected chi connectivity index (χ4v) is 3.09. The van der Waals surface area contributed by atoms with Crippen molar-refractivity contribution in [3.8, 4) is 5.75 Å². The van der Waals surface area contributed by atoms with Gasteiger partial charge in [-0.1, -0.05) is 29.8 Å². The number of hydrogen-bond donors (Lipinski definition) is 3. The first kappa shape index (κ1) is 26.0. The van der Waals surface area contributed by atoms with Gasteiger partial charge in [0, 0.05) is 37.3 Å². The number of methoxy groups -OCH3 is 1. The molecule has 0 saturated heterocycles. The van der Waals surface area contributed by atoms with Gasteiger partial charge >= 0.3 is 0 Å². The Morgan fingerprint density at radius 3 is 2.60 bits per heavy atom. The molecule has 0 unspecified atom stereocenters. The van der Waals surface area contributed by atoms with Crippen molar-refractivity contribution in [1.82, 2.24) is 16.0 Å². The van der Waals surface area contributed by atoms with E-state index in [1.807, 2.05) is 49.4 Å². The molecule has 0 aliphatic heterocycles. The molecule has 0 saturated carbocycles. The number of carbonyl (C=O) groups excluding carboxylic acids is 1. The molecule has 30 heavy (non-hydrogen) atoms. The van der Waals surface area contributed by atoms with Gasteiger partial charge in [-0.05, 0) is 55.2 Å². The fourth-order valence-electron chi connectivity index (χ4n) is 2.83. The van der Waals surface area contributed by atoms with E-state index in [0.717, 1.165) is 42.2 Å². The molecule has 3 N–H and O–H groups in total. The Kier molecular flexibility index (Phi) is 12.2. The Morgan fingerprint density at radius 1 is 1.13 bits per heavy atom. The van der Waals surface area contributed by atoms with Gasteiger partial charge in [-0.25, -0.2) is 0 Å². The maximum Gasteiger partial charge on any atom is 0.251 e. The molecule has 6 nitrogen and oxygen atoms in total. The first-order chi connectivity index (χ1) is 14.1. The lowest BCUT2D eigenvalue weighted by molar-refractivity contribution is 0.0963. The minimum Gasteiger partial charge on any atom is -0.497 e. The van der Waals surface area contributed by atoms with Crippen LogP contribution in [-0.4, -0.2) is 45.7 Å². The van der Waals surface area contributed by atoms with Crippen molar-refractivity contribution in [3.63, 3.8) is 0 Å². The molecule has 0 radical (unpaired) electrons. The van der Waals surface area contributed by atoms with Crippen LogP contribution >= 0.6 is 35.6 Å². The van der Waals surface area contributed by atoms with E-state index >= 15 is 0 Å². The second kappa shape index (κ2) is 14.1. The number of nitrogens with one attached hydrogen (secondary N) is 3. The number of guanidine groups is 1. The average Bonchev–Trinajstić information content (AvgIpc) is 2.74. The van der Waals surface area contributed by atoms with Crippen molar-refractivity contribution in [2.45, 2.75) is 19.8 Å². The summed E-state index contributed by atoms with van der Waals surface area (Å²) in [5.41, 5.74) is 2.81. The first-order valence-corrected chi connectivity index (χ1v) is 10.1. The highest BCUT2D eigenvalue weighted by Gasteiger charge is 2.05. The van der Waals surface area contributed by atoms with E-state index < -0.39 is 0 Å². The lowest BCUT2D eigenvalue weighted by atomic mass is 10.1. The van der Waals surface area contributed by atoms with Crippen LogP contribution in [0.25, 0.3) is 0 Å². The van der Waals surface area contributed by atoms with Crippen LogP contribution in [0.5, 0.6) is 5.75 Å². The Morgan fingerprint density at radius 2 is 1.93 bits per heavy atom. The maximum absolute atomic E-state index is 11.8. The number of benzene rings is 2. The fraction of sp³-hybridized carbons (Fsp3) is 0.364. The molecule has 2 aromatic carbocycles.